The maximum absolute atomic E-state index is 13.0. The number of halogens is 1. The summed E-state index contributed by atoms with van der Waals surface area (Å²) in [7, 11) is 0. The van der Waals surface area contributed by atoms with Crippen LogP contribution in [0.4, 0.5) is 15.0 Å². The summed E-state index contributed by atoms with van der Waals surface area (Å²) in [4.78, 5) is 26.9. The highest BCUT2D eigenvalue weighted by atomic mass is 19.1. The van der Waals surface area contributed by atoms with Crippen molar-refractivity contribution in [2.75, 3.05) is 11.9 Å². The maximum Gasteiger partial charge on any atom is 0.432 e. The first-order chi connectivity index (χ1) is 10.0. The highest BCUT2D eigenvalue weighted by molar-refractivity contribution is 5.95. The van der Waals surface area contributed by atoms with Gasteiger partial charge in [0.15, 0.2) is 0 Å². The van der Waals surface area contributed by atoms with Gasteiger partial charge in [-0.2, -0.15) is 9.78 Å². The van der Waals surface area contributed by atoms with Gasteiger partial charge in [-0.05, 0) is 12.1 Å². The number of carboxylic acid groups (broad SMARTS) is 1. The van der Waals surface area contributed by atoms with Gasteiger partial charge >= 0.3 is 6.09 Å². The summed E-state index contributed by atoms with van der Waals surface area (Å²) in [6.45, 7) is 0.163. The van der Waals surface area contributed by atoms with Crippen LogP contribution in [0, 0.1) is 0 Å². The van der Waals surface area contributed by atoms with Crippen molar-refractivity contribution in [2.45, 2.75) is 18.6 Å². The van der Waals surface area contributed by atoms with Crippen molar-refractivity contribution in [3.63, 3.8) is 0 Å². The Kier molecular flexibility index (Phi) is 3.26. The quantitative estimate of drug-likeness (QED) is 0.748. The first-order valence-electron chi connectivity index (χ1n) is 6.31. The number of nitrogens with zero attached hydrogens (tertiary/aromatic N) is 3. The number of nitrogens with one attached hydrogen (secondary N) is 2. The third-order valence-electron chi connectivity index (χ3n) is 3.25. The van der Waals surface area contributed by atoms with E-state index in [0.717, 1.165) is 4.68 Å². The summed E-state index contributed by atoms with van der Waals surface area (Å²) in [6.07, 6.45) is -0.812. The van der Waals surface area contributed by atoms with Gasteiger partial charge in [0, 0.05) is 13.0 Å². The number of fused-ring (bicyclic) bond motifs is 1. The molecule has 3 heterocycles. The van der Waals surface area contributed by atoms with Gasteiger partial charge in [-0.3, -0.25) is 4.79 Å². The molecule has 0 saturated carbocycles. The first kappa shape index (κ1) is 13.4. The molecule has 0 radical (unpaired) electrons. The lowest BCUT2D eigenvalue weighted by atomic mass is 10.2. The molecule has 2 atom stereocenters. The number of anilines is 1. The number of carbonyl (C=O) groups excluding carboxylic acids is 1. The Labute approximate surface area is 118 Å². The average molecular weight is 293 g/mol. The van der Waals surface area contributed by atoms with Crippen LogP contribution in [0.25, 0.3) is 11.0 Å². The molecule has 21 heavy (non-hydrogen) atoms. The molecule has 2 aromatic rings. The number of carbonyl (C=O) groups is 2. The molecule has 1 amide bonds. The fourth-order valence-electron chi connectivity index (χ4n) is 2.24. The van der Waals surface area contributed by atoms with E-state index in [2.05, 4.69) is 20.7 Å². The van der Waals surface area contributed by atoms with Crippen LogP contribution in [0.1, 0.15) is 6.42 Å². The molecular formula is C12H12FN5O3. The highest BCUT2D eigenvalue weighted by Crippen LogP contribution is 2.16. The van der Waals surface area contributed by atoms with Crippen LogP contribution in [-0.4, -0.2) is 50.6 Å². The Bertz CT molecular complexity index is 716. The van der Waals surface area contributed by atoms with Gasteiger partial charge in [-0.15, -0.1) is 0 Å². The second-order valence-corrected chi connectivity index (χ2v) is 4.72. The topological polar surface area (TPSA) is 109 Å². The lowest BCUT2D eigenvalue weighted by molar-refractivity contribution is -0.117. The Hall–Kier alpha value is -2.55. The third kappa shape index (κ3) is 2.55. The minimum atomic E-state index is -1.22. The van der Waals surface area contributed by atoms with E-state index in [0.29, 0.717) is 11.0 Å². The molecule has 0 aliphatic carbocycles. The van der Waals surface area contributed by atoms with E-state index in [-0.39, 0.29) is 24.7 Å². The van der Waals surface area contributed by atoms with Gasteiger partial charge in [0.1, 0.15) is 17.5 Å². The van der Waals surface area contributed by atoms with Crippen molar-refractivity contribution in [1.82, 2.24) is 20.1 Å². The molecule has 110 valence electrons. The highest BCUT2D eigenvalue weighted by Gasteiger charge is 2.29. The molecule has 0 unspecified atom stereocenters. The molecule has 3 N–H and O–H groups in total. The van der Waals surface area contributed by atoms with Gasteiger partial charge in [0.25, 0.3) is 0 Å². The van der Waals surface area contributed by atoms with E-state index >= 15 is 0 Å². The average Bonchev–Trinajstić information content (AvgIpc) is 3.04. The van der Waals surface area contributed by atoms with Gasteiger partial charge in [0.2, 0.25) is 5.91 Å². The van der Waals surface area contributed by atoms with Gasteiger partial charge < -0.3 is 15.7 Å². The number of pyridine rings is 1. The Morgan fingerprint density at radius 3 is 2.95 bits per heavy atom. The number of alkyl halides is 1. The first-order valence-corrected chi connectivity index (χ1v) is 6.31. The van der Waals surface area contributed by atoms with E-state index in [4.69, 9.17) is 5.11 Å². The molecule has 1 saturated heterocycles. The summed E-state index contributed by atoms with van der Waals surface area (Å²) in [5, 5.41) is 17.9. The minimum absolute atomic E-state index is 0.130. The zero-order chi connectivity index (χ0) is 15.0. The van der Waals surface area contributed by atoms with Crippen molar-refractivity contribution in [2.24, 2.45) is 0 Å². The van der Waals surface area contributed by atoms with E-state index in [9.17, 15) is 14.0 Å². The number of aromatic nitrogens is 3. The molecule has 8 nitrogen and oxygen atoms in total. The van der Waals surface area contributed by atoms with E-state index in [1.807, 2.05) is 0 Å². The largest absolute Gasteiger partial charge is 0.463 e. The Morgan fingerprint density at radius 2 is 2.29 bits per heavy atom. The zero-order valence-corrected chi connectivity index (χ0v) is 10.8. The molecule has 2 aromatic heterocycles. The van der Waals surface area contributed by atoms with Crippen LogP contribution in [0.3, 0.4) is 0 Å². The van der Waals surface area contributed by atoms with Crippen LogP contribution in [0.2, 0.25) is 0 Å². The lowest BCUT2D eigenvalue weighted by Gasteiger charge is -2.10. The Balaban J connectivity index is 1.79. The molecular weight excluding hydrogens is 281 g/mol. The molecule has 0 bridgehead atoms. The predicted octanol–water partition coefficient (Wildman–Crippen LogP) is 0.596. The summed E-state index contributed by atoms with van der Waals surface area (Å²) in [5.41, 5.74) is 0.668. The second kappa shape index (κ2) is 5.09. The minimum Gasteiger partial charge on any atom is -0.463 e. The lowest BCUT2D eigenvalue weighted by Crippen LogP contribution is -2.35. The number of hydrogen-bond acceptors (Lipinski definition) is 5. The molecule has 1 aliphatic heterocycles. The van der Waals surface area contributed by atoms with Crippen molar-refractivity contribution in [3.05, 3.63) is 18.3 Å². The molecule has 3 rings (SSSR count). The van der Waals surface area contributed by atoms with Crippen LogP contribution >= 0.6 is 0 Å². The van der Waals surface area contributed by atoms with Crippen LogP contribution in [0.15, 0.2) is 18.3 Å². The van der Waals surface area contributed by atoms with Crippen molar-refractivity contribution < 1.29 is 19.1 Å². The van der Waals surface area contributed by atoms with Crippen LogP contribution < -0.4 is 10.6 Å². The summed E-state index contributed by atoms with van der Waals surface area (Å²) in [5.74, 6) is -0.103. The molecule has 9 heteroatoms. The third-order valence-corrected chi connectivity index (χ3v) is 3.25. The molecule has 0 aromatic carbocycles. The number of hydrogen-bond donors (Lipinski definition) is 3. The SMILES string of the molecule is O=C(Nc1ccc2c(cnn2C(=O)O)n1)[C@H]1C[C@@H](F)CN1. The van der Waals surface area contributed by atoms with E-state index in [1.54, 1.807) is 0 Å². The summed E-state index contributed by atoms with van der Waals surface area (Å²) < 4.78 is 13.8. The van der Waals surface area contributed by atoms with Gasteiger partial charge in [0.05, 0.1) is 17.8 Å². The molecule has 1 aliphatic rings. The monoisotopic (exact) mass is 293 g/mol. The van der Waals surface area contributed by atoms with Crippen LogP contribution in [-0.2, 0) is 4.79 Å². The fraction of sp³-hybridized carbons (Fsp3) is 0.333. The summed E-state index contributed by atoms with van der Waals surface area (Å²) >= 11 is 0. The second-order valence-electron chi connectivity index (χ2n) is 4.72. The van der Waals surface area contributed by atoms with Gasteiger partial charge in [-0.1, -0.05) is 0 Å². The fourth-order valence-corrected chi connectivity index (χ4v) is 2.24. The molecule has 0 spiro atoms. The predicted molar refractivity (Wildman–Crippen MR) is 70.9 cm³/mol. The van der Waals surface area contributed by atoms with Crippen molar-refractivity contribution in [1.29, 1.82) is 0 Å². The standard InChI is InChI=1S/C12H12FN5O3/c13-6-3-7(14-4-6)11(19)17-10-2-1-9-8(16-10)5-15-18(9)12(20)21/h1-2,5-7,14H,3-4H2,(H,20,21)(H,16,17,19)/t6-,7-/m1/s1. The molecule has 1 fully saturated rings. The van der Waals surface area contributed by atoms with Crippen LogP contribution in [0.5, 0.6) is 0 Å². The van der Waals surface area contributed by atoms with E-state index < -0.39 is 18.3 Å². The zero-order valence-electron chi connectivity index (χ0n) is 10.8. The van der Waals surface area contributed by atoms with E-state index in [1.165, 1.54) is 18.3 Å². The number of rotatable bonds is 2. The maximum atomic E-state index is 13.0. The smallest absolute Gasteiger partial charge is 0.432 e. The van der Waals surface area contributed by atoms with Crippen molar-refractivity contribution >= 4 is 28.9 Å². The Morgan fingerprint density at radius 1 is 1.48 bits per heavy atom. The summed E-state index contributed by atoms with van der Waals surface area (Å²) in [6, 6.07) is 2.39. The number of amides is 1. The van der Waals surface area contributed by atoms with Crippen molar-refractivity contribution in [3.8, 4) is 0 Å². The normalized spacial score (nSPS) is 21.6. The van der Waals surface area contributed by atoms with Gasteiger partial charge in [-0.25, -0.2) is 14.2 Å².